The summed E-state index contributed by atoms with van der Waals surface area (Å²) in [5.41, 5.74) is 6.55. The van der Waals surface area contributed by atoms with Gasteiger partial charge in [0.05, 0.1) is 37.1 Å². The van der Waals surface area contributed by atoms with Crippen LogP contribution >= 0.6 is 0 Å². The van der Waals surface area contributed by atoms with Crippen molar-refractivity contribution in [3.63, 3.8) is 0 Å². The normalized spacial score (nSPS) is 15.9. The van der Waals surface area contributed by atoms with Crippen molar-refractivity contribution in [1.29, 1.82) is 0 Å². The number of rotatable bonds is 7. The van der Waals surface area contributed by atoms with Crippen molar-refractivity contribution in [1.82, 2.24) is 10.6 Å². The summed E-state index contributed by atoms with van der Waals surface area (Å²) in [5.74, 6) is -1.51. The minimum Gasteiger partial charge on any atom is -0.539 e. The number of benzene rings is 2. The van der Waals surface area contributed by atoms with Gasteiger partial charge in [-0.2, -0.15) is 0 Å². The van der Waals surface area contributed by atoms with E-state index in [0.29, 0.717) is 17.1 Å². The zero-order valence-electron chi connectivity index (χ0n) is 17.0. The first-order chi connectivity index (χ1) is 15.4. The molecular formula is C21H19N5O6. The van der Waals surface area contributed by atoms with E-state index >= 15 is 0 Å². The Morgan fingerprint density at radius 3 is 2.56 bits per heavy atom. The molecule has 4 rings (SSSR count). The second-order valence-corrected chi connectivity index (χ2v) is 7.03. The number of nitrogens with two attached hydrogens (primary N) is 1. The van der Waals surface area contributed by atoms with E-state index < -0.39 is 29.7 Å². The van der Waals surface area contributed by atoms with Crippen LogP contribution in [0.15, 0.2) is 53.1 Å². The van der Waals surface area contributed by atoms with Crippen LogP contribution in [0, 0.1) is 0 Å². The molecule has 0 saturated carbocycles. The number of anilines is 1. The van der Waals surface area contributed by atoms with Gasteiger partial charge in [0.1, 0.15) is 5.75 Å². The zero-order chi connectivity index (χ0) is 22.8. The molecule has 3 amide bonds. The first-order valence-electron chi connectivity index (χ1n) is 9.61. The van der Waals surface area contributed by atoms with Crippen LogP contribution in [-0.2, 0) is 16.1 Å². The van der Waals surface area contributed by atoms with E-state index in [9.17, 15) is 19.5 Å². The van der Waals surface area contributed by atoms with Crippen molar-refractivity contribution >= 4 is 23.4 Å². The van der Waals surface area contributed by atoms with Crippen LogP contribution in [0.2, 0.25) is 0 Å². The average molecular weight is 437 g/mol. The van der Waals surface area contributed by atoms with E-state index in [-0.39, 0.29) is 24.2 Å². The van der Waals surface area contributed by atoms with Gasteiger partial charge in [-0.25, -0.2) is 4.90 Å². The Morgan fingerprint density at radius 1 is 1.25 bits per heavy atom. The summed E-state index contributed by atoms with van der Waals surface area (Å²) in [6.07, 6.45) is -0.0849. The monoisotopic (exact) mass is 437 g/mol. The van der Waals surface area contributed by atoms with Crippen molar-refractivity contribution in [2.75, 3.05) is 12.0 Å². The van der Waals surface area contributed by atoms with Crippen LogP contribution in [0.4, 0.5) is 5.69 Å². The maximum atomic E-state index is 12.8. The molecule has 32 heavy (non-hydrogen) atoms. The van der Waals surface area contributed by atoms with E-state index in [2.05, 4.69) is 10.6 Å². The SMILES string of the molecule is COc1ccc(-[n+]2noc([O-])c2CNC2CC(=O)N(c3ccc(C(N)=O)cc3)C2=O)cc1. The fourth-order valence-corrected chi connectivity index (χ4v) is 3.40. The number of aromatic nitrogens is 2. The molecule has 2 heterocycles. The zero-order valence-corrected chi connectivity index (χ0v) is 17.0. The Balaban J connectivity index is 1.49. The van der Waals surface area contributed by atoms with Gasteiger partial charge < -0.3 is 20.1 Å². The van der Waals surface area contributed by atoms with E-state index in [1.54, 1.807) is 31.4 Å². The van der Waals surface area contributed by atoms with E-state index in [1.165, 1.54) is 28.9 Å². The molecule has 1 saturated heterocycles. The van der Waals surface area contributed by atoms with Gasteiger partial charge in [-0.05, 0) is 41.1 Å². The van der Waals surface area contributed by atoms with Crippen LogP contribution in [0.3, 0.4) is 0 Å². The van der Waals surface area contributed by atoms with Crippen molar-refractivity contribution in [2.24, 2.45) is 5.73 Å². The highest BCUT2D eigenvalue weighted by atomic mass is 16.6. The van der Waals surface area contributed by atoms with E-state index in [4.69, 9.17) is 15.0 Å². The van der Waals surface area contributed by atoms with Crippen LogP contribution in [-0.4, -0.2) is 36.1 Å². The van der Waals surface area contributed by atoms with Gasteiger partial charge in [0.25, 0.3) is 11.6 Å². The van der Waals surface area contributed by atoms with Crippen LogP contribution in [0.25, 0.3) is 5.69 Å². The standard InChI is InChI=1S/C21H19N5O6/c1-31-15-8-6-14(7-9-15)26-17(21(30)32-24-26)11-23-16-10-18(27)25(20(16)29)13-4-2-12(3-5-13)19(22)28/h2-9,16,23H,10-11H2,1H3,(H2-,22,24,28,30). The summed E-state index contributed by atoms with van der Waals surface area (Å²) in [7, 11) is 1.54. The molecule has 1 aliphatic heterocycles. The highest BCUT2D eigenvalue weighted by Gasteiger charge is 2.40. The molecule has 1 aliphatic rings. The summed E-state index contributed by atoms with van der Waals surface area (Å²) in [5, 5.41) is 18.8. The maximum Gasteiger partial charge on any atom is 0.253 e. The molecule has 1 unspecified atom stereocenters. The Bertz CT molecular complexity index is 1170. The molecule has 0 aliphatic carbocycles. The Morgan fingerprint density at radius 2 is 1.94 bits per heavy atom. The van der Waals surface area contributed by atoms with Gasteiger partial charge in [-0.1, -0.05) is 0 Å². The number of ether oxygens (including phenoxy) is 1. The van der Waals surface area contributed by atoms with Gasteiger partial charge in [0.2, 0.25) is 17.5 Å². The molecule has 164 valence electrons. The van der Waals surface area contributed by atoms with Gasteiger partial charge in [-0.3, -0.25) is 19.7 Å². The number of nitrogens with one attached hydrogen (secondary N) is 1. The number of hydrogen-bond acceptors (Lipinski definition) is 8. The summed E-state index contributed by atoms with van der Waals surface area (Å²) in [4.78, 5) is 37.5. The summed E-state index contributed by atoms with van der Waals surface area (Å²) >= 11 is 0. The first kappa shape index (κ1) is 21.0. The van der Waals surface area contributed by atoms with Crippen molar-refractivity contribution in [3.8, 4) is 17.4 Å². The lowest BCUT2D eigenvalue weighted by Crippen LogP contribution is -2.43. The van der Waals surface area contributed by atoms with Crippen LogP contribution in [0.1, 0.15) is 22.5 Å². The number of carbonyl (C=O) groups is 3. The third-order valence-corrected chi connectivity index (χ3v) is 5.09. The third-order valence-electron chi connectivity index (χ3n) is 5.09. The largest absolute Gasteiger partial charge is 0.539 e. The summed E-state index contributed by atoms with van der Waals surface area (Å²) in [6, 6.07) is 11.8. The molecule has 0 radical (unpaired) electrons. The Hall–Kier alpha value is -4.25. The smallest absolute Gasteiger partial charge is 0.253 e. The molecule has 11 nitrogen and oxygen atoms in total. The minimum atomic E-state index is -0.836. The molecule has 1 fully saturated rings. The van der Waals surface area contributed by atoms with Gasteiger partial charge >= 0.3 is 0 Å². The maximum absolute atomic E-state index is 12.8. The van der Waals surface area contributed by atoms with Crippen LogP contribution < -0.4 is 30.5 Å². The number of imide groups is 1. The molecular weight excluding hydrogens is 418 g/mol. The topological polar surface area (TPSA) is 155 Å². The van der Waals surface area contributed by atoms with Gasteiger partial charge in [0.15, 0.2) is 5.95 Å². The number of methoxy groups -OCH3 is 1. The van der Waals surface area contributed by atoms with Crippen molar-refractivity contribution in [2.45, 2.75) is 19.0 Å². The fourth-order valence-electron chi connectivity index (χ4n) is 3.40. The van der Waals surface area contributed by atoms with E-state index in [0.717, 1.165) is 4.90 Å². The lowest BCUT2D eigenvalue weighted by molar-refractivity contribution is -0.677. The first-order valence-corrected chi connectivity index (χ1v) is 9.61. The van der Waals surface area contributed by atoms with Crippen LogP contribution in [0.5, 0.6) is 11.7 Å². The second kappa shape index (κ2) is 8.47. The lowest BCUT2D eigenvalue weighted by Gasteiger charge is -2.15. The van der Waals surface area contributed by atoms with Gasteiger partial charge in [-0.15, -0.1) is 0 Å². The molecule has 11 heteroatoms. The molecule has 1 aromatic heterocycles. The minimum absolute atomic E-state index is 0.0491. The molecule has 3 N–H and O–H groups in total. The molecule has 0 bridgehead atoms. The fraction of sp³-hybridized carbons (Fsp3) is 0.190. The Labute approximate surface area is 181 Å². The predicted molar refractivity (Wildman–Crippen MR) is 107 cm³/mol. The highest BCUT2D eigenvalue weighted by Crippen LogP contribution is 2.24. The van der Waals surface area contributed by atoms with Crippen molar-refractivity contribution < 1.29 is 33.4 Å². The number of primary amides is 1. The molecule has 2 aromatic carbocycles. The Kier molecular flexibility index (Phi) is 5.56. The predicted octanol–water partition coefficient (Wildman–Crippen LogP) is -0.446. The second-order valence-electron chi connectivity index (χ2n) is 7.03. The molecule has 0 spiro atoms. The van der Waals surface area contributed by atoms with Gasteiger partial charge in [0, 0.05) is 17.7 Å². The molecule has 3 aromatic rings. The van der Waals surface area contributed by atoms with Crippen molar-refractivity contribution in [3.05, 3.63) is 59.8 Å². The number of carbonyl (C=O) groups excluding carboxylic acids is 3. The quantitative estimate of drug-likeness (QED) is 0.372. The number of amides is 3. The molecule has 1 atom stereocenters. The van der Waals surface area contributed by atoms with E-state index in [1.807, 2.05) is 0 Å². The summed E-state index contributed by atoms with van der Waals surface area (Å²) in [6.45, 7) is -0.0491. The summed E-state index contributed by atoms with van der Waals surface area (Å²) < 4.78 is 11.2. The third kappa shape index (κ3) is 3.88. The number of nitrogens with zero attached hydrogens (tertiary/aromatic N) is 3. The lowest BCUT2D eigenvalue weighted by atomic mass is 10.2. The average Bonchev–Trinajstić information content (AvgIpc) is 3.30. The number of hydrogen-bond donors (Lipinski definition) is 2. The highest BCUT2D eigenvalue weighted by molar-refractivity contribution is 6.22.